The molecule has 0 radical (unpaired) electrons. The summed E-state index contributed by atoms with van der Waals surface area (Å²) < 4.78 is 5.55. The molecular formula is C16H18N2O2. The van der Waals surface area contributed by atoms with Crippen LogP contribution in [-0.4, -0.2) is 29.4 Å². The van der Waals surface area contributed by atoms with Crippen LogP contribution in [0, 0.1) is 6.92 Å². The molecule has 0 saturated heterocycles. The van der Waals surface area contributed by atoms with Gasteiger partial charge in [0.2, 0.25) is 0 Å². The molecule has 0 saturated carbocycles. The molecule has 104 valence electrons. The topological polar surface area (TPSA) is 42.4 Å². The molecule has 1 aromatic heterocycles. The van der Waals surface area contributed by atoms with Crippen LogP contribution < -0.4 is 4.74 Å². The first-order chi connectivity index (χ1) is 9.66. The van der Waals surface area contributed by atoms with E-state index in [0.717, 1.165) is 16.9 Å². The van der Waals surface area contributed by atoms with Crippen molar-refractivity contribution in [2.24, 2.45) is 0 Å². The number of aromatic nitrogens is 1. The lowest BCUT2D eigenvalue weighted by molar-refractivity contribution is -0.132. The molecule has 2 rings (SSSR count). The summed E-state index contributed by atoms with van der Waals surface area (Å²) in [5.74, 6) is 0.688. The number of ether oxygens (including phenoxy) is 1. The molecule has 0 aliphatic heterocycles. The number of benzene rings is 1. The first kappa shape index (κ1) is 14.1. The van der Waals surface area contributed by atoms with Crippen molar-refractivity contribution >= 4 is 5.91 Å². The molecule has 4 nitrogen and oxygen atoms in total. The van der Waals surface area contributed by atoms with Crippen LogP contribution in [-0.2, 0) is 11.3 Å². The molecule has 1 amide bonds. The minimum absolute atomic E-state index is 0.0433. The Balaban J connectivity index is 1.87. The molecule has 0 aliphatic carbocycles. The van der Waals surface area contributed by atoms with E-state index in [4.69, 9.17) is 4.74 Å². The van der Waals surface area contributed by atoms with Crippen LogP contribution >= 0.6 is 0 Å². The highest BCUT2D eigenvalue weighted by atomic mass is 16.5. The van der Waals surface area contributed by atoms with E-state index in [-0.39, 0.29) is 12.5 Å². The highest BCUT2D eigenvalue weighted by molar-refractivity contribution is 5.77. The van der Waals surface area contributed by atoms with Gasteiger partial charge < -0.3 is 9.64 Å². The fourth-order valence-electron chi connectivity index (χ4n) is 1.82. The van der Waals surface area contributed by atoms with Gasteiger partial charge in [0.05, 0.1) is 0 Å². The average Bonchev–Trinajstić information content (AvgIpc) is 2.47. The molecule has 2 aromatic rings. The van der Waals surface area contributed by atoms with E-state index in [2.05, 4.69) is 4.98 Å². The van der Waals surface area contributed by atoms with Crippen LogP contribution in [0.1, 0.15) is 11.1 Å². The number of hydrogen-bond acceptors (Lipinski definition) is 3. The summed E-state index contributed by atoms with van der Waals surface area (Å²) in [6.07, 6.45) is 3.47. The van der Waals surface area contributed by atoms with Gasteiger partial charge in [0.25, 0.3) is 5.91 Å². The van der Waals surface area contributed by atoms with E-state index in [9.17, 15) is 4.79 Å². The van der Waals surface area contributed by atoms with Crippen molar-refractivity contribution in [2.75, 3.05) is 13.7 Å². The van der Waals surface area contributed by atoms with Crippen molar-refractivity contribution in [2.45, 2.75) is 13.5 Å². The second-order valence-corrected chi connectivity index (χ2v) is 4.67. The number of aryl methyl sites for hydroxylation is 1. The number of carbonyl (C=O) groups excluding carboxylic acids is 1. The first-order valence-electron chi connectivity index (χ1n) is 6.48. The van der Waals surface area contributed by atoms with Crippen molar-refractivity contribution < 1.29 is 9.53 Å². The zero-order chi connectivity index (χ0) is 14.4. The predicted molar refractivity (Wildman–Crippen MR) is 77.4 cm³/mol. The fourth-order valence-corrected chi connectivity index (χ4v) is 1.82. The van der Waals surface area contributed by atoms with Gasteiger partial charge in [0.1, 0.15) is 5.75 Å². The largest absolute Gasteiger partial charge is 0.484 e. The molecule has 0 aliphatic rings. The lowest BCUT2D eigenvalue weighted by Gasteiger charge is -2.17. The Hall–Kier alpha value is -2.36. The molecule has 20 heavy (non-hydrogen) atoms. The van der Waals surface area contributed by atoms with Crippen molar-refractivity contribution in [1.82, 2.24) is 9.88 Å². The molecule has 0 unspecified atom stereocenters. The Morgan fingerprint density at radius 3 is 2.75 bits per heavy atom. The third kappa shape index (κ3) is 3.82. The Kier molecular flexibility index (Phi) is 4.71. The summed E-state index contributed by atoms with van der Waals surface area (Å²) in [7, 11) is 1.76. The van der Waals surface area contributed by atoms with Gasteiger partial charge in [-0.05, 0) is 30.2 Å². The van der Waals surface area contributed by atoms with Crippen molar-refractivity contribution in [3.63, 3.8) is 0 Å². The summed E-state index contributed by atoms with van der Waals surface area (Å²) in [6, 6.07) is 11.5. The SMILES string of the molecule is Cc1ccccc1OCC(=O)N(C)Cc1cccnc1. The lowest BCUT2D eigenvalue weighted by atomic mass is 10.2. The van der Waals surface area contributed by atoms with E-state index in [1.807, 2.05) is 43.3 Å². The second kappa shape index (κ2) is 6.70. The van der Waals surface area contributed by atoms with Crippen LogP contribution in [0.2, 0.25) is 0 Å². The average molecular weight is 270 g/mol. The maximum absolute atomic E-state index is 12.0. The predicted octanol–water partition coefficient (Wildman–Crippen LogP) is 2.43. The number of hydrogen-bond donors (Lipinski definition) is 0. The smallest absolute Gasteiger partial charge is 0.260 e. The van der Waals surface area contributed by atoms with Gasteiger partial charge in [-0.25, -0.2) is 0 Å². The van der Waals surface area contributed by atoms with E-state index < -0.39 is 0 Å². The van der Waals surface area contributed by atoms with Crippen LogP contribution in [0.5, 0.6) is 5.75 Å². The second-order valence-electron chi connectivity index (χ2n) is 4.67. The van der Waals surface area contributed by atoms with Gasteiger partial charge >= 0.3 is 0 Å². The minimum Gasteiger partial charge on any atom is -0.484 e. The van der Waals surface area contributed by atoms with E-state index >= 15 is 0 Å². The number of likely N-dealkylation sites (N-methyl/N-ethyl adjacent to an activating group) is 1. The third-order valence-electron chi connectivity index (χ3n) is 3.01. The van der Waals surface area contributed by atoms with Gasteiger partial charge in [-0.3, -0.25) is 9.78 Å². The quantitative estimate of drug-likeness (QED) is 0.838. The fraction of sp³-hybridized carbons (Fsp3) is 0.250. The Labute approximate surface area is 119 Å². The Morgan fingerprint density at radius 1 is 1.25 bits per heavy atom. The maximum Gasteiger partial charge on any atom is 0.260 e. The Morgan fingerprint density at radius 2 is 2.05 bits per heavy atom. The van der Waals surface area contributed by atoms with E-state index in [1.165, 1.54) is 0 Å². The molecular weight excluding hydrogens is 252 g/mol. The minimum atomic E-state index is -0.0582. The summed E-state index contributed by atoms with van der Waals surface area (Å²) >= 11 is 0. The molecule has 0 N–H and O–H groups in total. The monoisotopic (exact) mass is 270 g/mol. The highest BCUT2D eigenvalue weighted by Gasteiger charge is 2.10. The molecule has 0 fully saturated rings. The summed E-state index contributed by atoms with van der Waals surface area (Å²) in [4.78, 5) is 17.7. The van der Waals surface area contributed by atoms with Gasteiger partial charge in [-0.2, -0.15) is 0 Å². The molecule has 4 heteroatoms. The van der Waals surface area contributed by atoms with Gasteiger partial charge in [0, 0.05) is 26.0 Å². The Bertz CT molecular complexity index is 570. The molecule has 0 atom stereocenters. The van der Waals surface area contributed by atoms with E-state index in [0.29, 0.717) is 6.54 Å². The van der Waals surface area contributed by atoms with Gasteiger partial charge in [-0.15, -0.1) is 0 Å². The zero-order valence-corrected chi connectivity index (χ0v) is 11.7. The summed E-state index contributed by atoms with van der Waals surface area (Å²) in [6.45, 7) is 2.53. The molecule has 0 spiro atoms. The van der Waals surface area contributed by atoms with Gasteiger partial charge in [0.15, 0.2) is 6.61 Å². The number of nitrogens with zero attached hydrogens (tertiary/aromatic N) is 2. The lowest BCUT2D eigenvalue weighted by Crippen LogP contribution is -2.31. The van der Waals surface area contributed by atoms with Crippen molar-refractivity contribution in [1.29, 1.82) is 0 Å². The normalized spacial score (nSPS) is 10.1. The maximum atomic E-state index is 12.0. The van der Waals surface area contributed by atoms with Crippen LogP contribution in [0.3, 0.4) is 0 Å². The third-order valence-corrected chi connectivity index (χ3v) is 3.01. The highest BCUT2D eigenvalue weighted by Crippen LogP contribution is 2.16. The van der Waals surface area contributed by atoms with Crippen LogP contribution in [0.4, 0.5) is 0 Å². The van der Waals surface area contributed by atoms with E-state index in [1.54, 1.807) is 24.3 Å². The summed E-state index contributed by atoms with van der Waals surface area (Å²) in [5.41, 5.74) is 2.02. The summed E-state index contributed by atoms with van der Waals surface area (Å²) in [5, 5.41) is 0. The number of rotatable bonds is 5. The number of carbonyl (C=O) groups is 1. The molecule has 1 aromatic carbocycles. The van der Waals surface area contributed by atoms with Crippen molar-refractivity contribution in [3.05, 3.63) is 59.9 Å². The number of amides is 1. The number of pyridine rings is 1. The van der Waals surface area contributed by atoms with Crippen LogP contribution in [0.15, 0.2) is 48.8 Å². The van der Waals surface area contributed by atoms with Crippen LogP contribution in [0.25, 0.3) is 0 Å². The zero-order valence-electron chi connectivity index (χ0n) is 11.7. The standard InChI is InChI=1S/C16H18N2O2/c1-13-6-3-4-8-15(13)20-12-16(19)18(2)11-14-7-5-9-17-10-14/h3-10H,11-12H2,1-2H3. The van der Waals surface area contributed by atoms with Crippen molar-refractivity contribution in [3.8, 4) is 5.75 Å². The van der Waals surface area contributed by atoms with Gasteiger partial charge in [-0.1, -0.05) is 24.3 Å². The molecule has 0 bridgehead atoms. The molecule has 1 heterocycles. The first-order valence-corrected chi connectivity index (χ1v) is 6.48. The number of para-hydroxylation sites is 1.